The molecule has 0 aliphatic heterocycles. The van der Waals surface area contributed by atoms with Gasteiger partial charge in [0, 0.05) is 11.9 Å². The molecular weight excluding hydrogens is 234 g/mol. The lowest BCUT2D eigenvalue weighted by atomic mass is 10.1. The summed E-state index contributed by atoms with van der Waals surface area (Å²) in [6.07, 6.45) is 1.83. The fourth-order valence-corrected chi connectivity index (χ4v) is 2.61. The molecule has 0 fully saturated rings. The van der Waals surface area contributed by atoms with Crippen molar-refractivity contribution in [3.8, 4) is 5.75 Å². The van der Waals surface area contributed by atoms with E-state index in [1.807, 2.05) is 36.7 Å². The van der Waals surface area contributed by atoms with Gasteiger partial charge in [-0.05, 0) is 30.0 Å². The molecule has 4 nitrogen and oxygen atoms in total. The molecule has 2 heterocycles. The van der Waals surface area contributed by atoms with Crippen molar-refractivity contribution in [3.63, 3.8) is 0 Å². The summed E-state index contributed by atoms with van der Waals surface area (Å²) in [6.45, 7) is 1.96. The van der Waals surface area contributed by atoms with Crippen molar-refractivity contribution in [1.29, 1.82) is 0 Å². The molecular formula is C12H15N3OS. The van der Waals surface area contributed by atoms with Gasteiger partial charge in [0.05, 0.1) is 18.0 Å². The van der Waals surface area contributed by atoms with Crippen LogP contribution in [-0.2, 0) is 0 Å². The Balaban J connectivity index is 2.36. The van der Waals surface area contributed by atoms with E-state index in [4.69, 9.17) is 10.6 Å². The van der Waals surface area contributed by atoms with E-state index in [9.17, 15) is 0 Å². The second-order valence-corrected chi connectivity index (χ2v) is 4.63. The zero-order valence-electron chi connectivity index (χ0n) is 9.81. The number of hydrazine groups is 1. The molecule has 0 amide bonds. The highest BCUT2D eigenvalue weighted by Gasteiger charge is 2.18. The second-order valence-electron chi connectivity index (χ2n) is 3.69. The number of aromatic nitrogens is 1. The van der Waals surface area contributed by atoms with E-state index in [1.54, 1.807) is 18.4 Å². The molecule has 0 saturated carbocycles. The molecule has 2 rings (SSSR count). The second kappa shape index (κ2) is 5.27. The molecule has 5 heteroatoms. The minimum absolute atomic E-state index is 0.0851. The number of ether oxygens (including phenoxy) is 1. The van der Waals surface area contributed by atoms with Crippen LogP contribution in [0.25, 0.3) is 0 Å². The van der Waals surface area contributed by atoms with Gasteiger partial charge in [-0.1, -0.05) is 6.07 Å². The van der Waals surface area contributed by atoms with Gasteiger partial charge in [-0.15, -0.1) is 11.3 Å². The van der Waals surface area contributed by atoms with E-state index >= 15 is 0 Å². The molecule has 0 bridgehead atoms. The number of hydrogen-bond acceptors (Lipinski definition) is 5. The molecule has 0 aromatic carbocycles. The predicted molar refractivity (Wildman–Crippen MR) is 69.0 cm³/mol. The maximum atomic E-state index is 5.63. The van der Waals surface area contributed by atoms with E-state index < -0.39 is 0 Å². The third kappa shape index (κ3) is 2.46. The SMILES string of the molecule is COc1ccsc1C(NN)c1ccc(C)nc1. The lowest BCUT2D eigenvalue weighted by Gasteiger charge is -2.16. The Hall–Kier alpha value is -1.43. The predicted octanol–water partition coefficient (Wildman–Crippen LogP) is 2.01. The van der Waals surface area contributed by atoms with Gasteiger partial charge in [0.25, 0.3) is 0 Å². The van der Waals surface area contributed by atoms with E-state index in [0.717, 1.165) is 21.9 Å². The van der Waals surface area contributed by atoms with E-state index in [1.165, 1.54) is 0 Å². The topological polar surface area (TPSA) is 60.2 Å². The Labute approximate surface area is 104 Å². The molecule has 0 aliphatic rings. The number of pyridine rings is 1. The summed E-state index contributed by atoms with van der Waals surface area (Å²) >= 11 is 1.61. The molecule has 2 aromatic rings. The summed E-state index contributed by atoms with van der Waals surface area (Å²) in [4.78, 5) is 5.34. The van der Waals surface area contributed by atoms with Crippen LogP contribution in [0.4, 0.5) is 0 Å². The number of nitrogens with one attached hydrogen (secondary N) is 1. The molecule has 1 unspecified atom stereocenters. The first-order valence-electron chi connectivity index (χ1n) is 5.26. The van der Waals surface area contributed by atoms with E-state index in [0.29, 0.717) is 0 Å². The average Bonchev–Trinajstić information content (AvgIpc) is 2.81. The molecule has 17 heavy (non-hydrogen) atoms. The van der Waals surface area contributed by atoms with Crippen molar-refractivity contribution in [3.05, 3.63) is 45.9 Å². The quantitative estimate of drug-likeness (QED) is 0.643. The highest BCUT2D eigenvalue weighted by atomic mass is 32.1. The van der Waals surface area contributed by atoms with Gasteiger partial charge in [-0.25, -0.2) is 5.43 Å². The van der Waals surface area contributed by atoms with Crippen molar-refractivity contribution < 1.29 is 4.74 Å². The Bertz CT molecular complexity index is 481. The van der Waals surface area contributed by atoms with Crippen LogP contribution in [0.15, 0.2) is 29.8 Å². The van der Waals surface area contributed by atoms with Gasteiger partial charge < -0.3 is 4.74 Å². The van der Waals surface area contributed by atoms with Crippen LogP contribution >= 0.6 is 11.3 Å². The highest BCUT2D eigenvalue weighted by Crippen LogP contribution is 2.33. The maximum absolute atomic E-state index is 5.63. The van der Waals surface area contributed by atoms with Gasteiger partial charge >= 0.3 is 0 Å². The van der Waals surface area contributed by atoms with Crippen LogP contribution in [0, 0.1) is 6.92 Å². The third-order valence-electron chi connectivity index (χ3n) is 2.57. The minimum Gasteiger partial charge on any atom is -0.496 e. The van der Waals surface area contributed by atoms with Crippen LogP contribution in [-0.4, -0.2) is 12.1 Å². The first kappa shape index (κ1) is 12.0. The number of nitrogens with two attached hydrogens (primary N) is 1. The number of rotatable bonds is 4. The Morgan fingerprint density at radius 1 is 1.41 bits per heavy atom. The number of methoxy groups -OCH3 is 1. The minimum atomic E-state index is -0.0851. The average molecular weight is 249 g/mol. The van der Waals surface area contributed by atoms with Gasteiger partial charge in [-0.3, -0.25) is 10.8 Å². The van der Waals surface area contributed by atoms with Crippen molar-refractivity contribution in [2.45, 2.75) is 13.0 Å². The monoisotopic (exact) mass is 249 g/mol. The van der Waals surface area contributed by atoms with Crippen molar-refractivity contribution in [2.75, 3.05) is 7.11 Å². The summed E-state index contributed by atoms with van der Waals surface area (Å²) in [7, 11) is 1.66. The maximum Gasteiger partial charge on any atom is 0.134 e. The summed E-state index contributed by atoms with van der Waals surface area (Å²) in [5.74, 6) is 6.48. The molecule has 90 valence electrons. The molecule has 0 aliphatic carbocycles. The van der Waals surface area contributed by atoms with Crippen LogP contribution in [0.5, 0.6) is 5.75 Å². The van der Waals surface area contributed by atoms with Crippen LogP contribution < -0.4 is 16.0 Å². The number of hydrogen-bond donors (Lipinski definition) is 2. The van der Waals surface area contributed by atoms with E-state index in [-0.39, 0.29) is 6.04 Å². The van der Waals surface area contributed by atoms with Gasteiger partial charge in [0.2, 0.25) is 0 Å². The van der Waals surface area contributed by atoms with Crippen molar-refractivity contribution in [1.82, 2.24) is 10.4 Å². The Morgan fingerprint density at radius 3 is 2.82 bits per heavy atom. The number of thiophene rings is 1. The Morgan fingerprint density at radius 2 is 2.24 bits per heavy atom. The van der Waals surface area contributed by atoms with Crippen molar-refractivity contribution >= 4 is 11.3 Å². The largest absolute Gasteiger partial charge is 0.496 e. The van der Waals surface area contributed by atoms with Gasteiger partial charge in [0.15, 0.2) is 0 Å². The van der Waals surface area contributed by atoms with Crippen LogP contribution in [0.1, 0.15) is 22.2 Å². The van der Waals surface area contributed by atoms with Crippen molar-refractivity contribution in [2.24, 2.45) is 5.84 Å². The lowest BCUT2D eigenvalue weighted by molar-refractivity contribution is 0.407. The molecule has 0 radical (unpaired) electrons. The standard InChI is InChI=1S/C12H15N3OS/c1-8-3-4-9(7-14-8)11(15-13)12-10(16-2)5-6-17-12/h3-7,11,15H,13H2,1-2H3. The number of nitrogens with zero attached hydrogens (tertiary/aromatic N) is 1. The first-order chi connectivity index (χ1) is 8.26. The highest BCUT2D eigenvalue weighted by molar-refractivity contribution is 7.10. The molecule has 1 atom stereocenters. The summed E-state index contributed by atoms with van der Waals surface area (Å²) in [6, 6.07) is 5.84. The molecule has 2 aromatic heterocycles. The van der Waals surface area contributed by atoms with Gasteiger partial charge in [-0.2, -0.15) is 0 Å². The normalized spacial score (nSPS) is 12.4. The zero-order valence-corrected chi connectivity index (χ0v) is 10.6. The molecule has 3 N–H and O–H groups in total. The molecule has 0 spiro atoms. The summed E-state index contributed by atoms with van der Waals surface area (Å²) < 4.78 is 5.31. The number of aryl methyl sites for hydroxylation is 1. The van der Waals surface area contributed by atoms with E-state index in [2.05, 4.69) is 10.4 Å². The summed E-state index contributed by atoms with van der Waals surface area (Å²) in [5.41, 5.74) is 4.82. The van der Waals surface area contributed by atoms with Crippen LogP contribution in [0.3, 0.4) is 0 Å². The Kier molecular flexibility index (Phi) is 3.73. The smallest absolute Gasteiger partial charge is 0.134 e. The fraction of sp³-hybridized carbons (Fsp3) is 0.250. The third-order valence-corrected chi connectivity index (χ3v) is 3.54. The lowest BCUT2D eigenvalue weighted by Crippen LogP contribution is -2.28. The van der Waals surface area contributed by atoms with Gasteiger partial charge in [0.1, 0.15) is 5.75 Å². The van der Waals surface area contributed by atoms with Crippen LogP contribution in [0.2, 0.25) is 0 Å². The molecule has 0 saturated heterocycles. The zero-order chi connectivity index (χ0) is 12.3. The summed E-state index contributed by atoms with van der Waals surface area (Å²) in [5, 5.41) is 1.99. The fourth-order valence-electron chi connectivity index (χ4n) is 1.66. The first-order valence-corrected chi connectivity index (χ1v) is 6.14.